The first-order valence-electron chi connectivity index (χ1n) is 6.68. The minimum absolute atomic E-state index is 0.289. The second-order valence-electron chi connectivity index (χ2n) is 4.27. The first-order chi connectivity index (χ1) is 10.2. The van der Waals surface area contributed by atoms with Crippen LogP contribution in [0.4, 0.5) is 11.5 Å². The monoisotopic (exact) mass is 290 g/mol. The van der Waals surface area contributed by atoms with Crippen molar-refractivity contribution in [3.05, 3.63) is 30.0 Å². The van der Waals surface area contributed by atoms with Gasteiger partial charge < -0.3 is 20.4 Å². The molecule has 0 aliphatic heterocycles. The van der Waals surface area contributed by atoms with Crippen molar-refractivity contribution < 1.29 is 9.53 Å². The first kappa shape index (κ1) is 14.8. The Morgan fingerprint density at radius 1 is 1.48 bits per heavy atom. The van der Waals surface area contributed by atoms with Crippen LogP contribution in [0.15, 0.2) is 18.6 Å². The van der Waals surface area contributed by atoms with Gasteiger partial charge in [0.1, 0.15) is 17.7 Å². The molecule has 0 saturated heterocycles. The van der Waals surface area contributed by atoms with Crippen LogP contribution in [0.5, 0.6) is 0 Å². The predicted octanol–water partition coefficient (Wildman–Crippen LogP) is 1.06. The Morgan fingerprint density at radius 2 is 2.29 bits per heavy atom. The first-order valence-corrected chi connectivity index (χ1v) is 6.68. The summed E-state index contributed by atoms with van der Waals surface area (Å²) in [7, 11) is 0. The number of nitrogens with one attached hydrogen (secondary N) is 1. The number of ether oxygens (including phenoxy) is 1. The molecule has 0 amide bonds. The van der Waals surface area contributed by atoms with Crippen molar-refractivity contribution in [3.8, 4) is 0 Å². The number of pyridine rings is 1. The number of nitrogens with zero attached hydrogens (tertiary/aromatic N) is 4. The molecular weight excluding hydrogens is 272 g/mol. The predicted molar refractivity (Wildman–Crippen MR) is 77.6 cm³/mol. The number of carbonyl (C=O) groups excluding carboxylic acids is 1. The number of nitrogen functional groups attached to an aromatic ring is 1. The van der Waals surface area contributed by atoms with E-state index < -0.39 is 5.97 Å². The quantitative estimate of drug-likeness (QED) is 0.766. The Kier molecular flexibility index (Phi) is 4.70. The highest BCUT2D eigenvalue weighted by Gasteiger charge is 2.15. The summed E-state index contributed by atoms with van der Waals surface area (Å²) in [6.45, 7) is 5.20. The summed E-state index contributed by atoms with van der Waals surface area (Å²) in [5.74, 6) is 0.705. The van der Waals surface area contributed by atoms with Crippen molar-refractivity contribution >= 4 is 17.5 Å². The molecule has 2 heterocycles. The number of anilines is 2. The summed E-state index contributed by atoms with van der Waals surface area (Å²) >= 11 is 0. The van der Waals surface area contributed by atoms with E-state index in [-0.39, 0.29) is 6.61 Å². The van der Waals surface area contributed by atoms with E-state index in [0.29, 0.717) is 23.6 Å². The van der Waals surface area contributed by atoms with Crippen LogP contribution in [0.2, 0.25) is 0 Å². The fraction of sp³-hybridized carbons (Fsp3) is 0.385. The molecule has 0 aliphatic rings. The maximum Gasteiger partial charge on any atom is 0.341 e. The van der Waals surface area contributed by atoms with Crippen LogP contribution in [-0.2, 0) is 17.8 Å². The molecule has 21 heavy (non-hydrogen) atoms. The minimum Gasteiger partial charge on any atom is -0.462 e. The number of esters is 1. The third-order valence-corrected chi connectivity index (χ3v) is 2.85. The lowest BCUT2D eigenvalue weighted by molar-refractivity contribution is 0.0527. The fourth-order valence-corrected chi connectivity index (χ4v) is 1.83. The zero-order chi connectivity index (χ0) is 15.2. The molecule has 3 N–H and O–H groups in total. The number of hydrogen-bond acceptors (Lipinski definition) is 7. The zero-order valence-electron chi connectivity index (χ0n) is 12.0. The summed E-state index contributed by atoms with van der Waals surface area (Å²) in [5, 5.41) is 10.9. The number of aryl methyl sites for hydroxylation is 1. The summed E-state index contributed by atoms with van der Waals surface area (Å²) in [4.78, 5) is 16.1. The minimum atomic E-state index is -0.461. The van der Waals surface area contributed by atoms with Crippen LogP contribution in [0, 0.1) is 0 Å². The van der Waals surface area contributed by atoms with Gasteiger partial charge in [-0.15, -0.1) is 10.2 Å². The molecule has 2 aromatic rings. The molecule has 8 nitrogen and oxygen atoms in total. The standard InChI is InChI=1S/C13H18N6O2/c1-3-19-8-17-18-11(19)7-16-12-10(13(20)21-4-2)5-9(14)6-15-12/h5-6,8H,3-4,7,14H2,1-2H3,(H,15,16). The van der Waals surface area contributed by atoms with Crippen LogP contribution >= 0.6 is 0 Å². The van der Waals surface area contributed by atoms with Crippen molar-refractivity contribution in [2.45, 2.75) is 26.9 Å². The van der Waals surface area contributed by atoms with Crippen molar-refractivity contribution in [1.29, 1.82) is 0 Å². The number of aromatic nitrogens is 4. The van der Waals surface area contributed by atoms with Gasteiger partial charge in [0.25, 0.3) is 0 Å². The van der Waals surface area contributed by atoms with Gasteiger partial charge in [-0.1, -0.05) is 0 Å². The zero-order valence-corrected chi connectivity index (χ0v) is 12.0. The Balaban J connectivity index is 2.17. The SMILES string of the molecule is CCOC(=O)c1cc(N)cnc1NCc1nncn1CC. The van der Waals surface area contributed by atoms with Crippen molar-refractivity contribution in [2.24, 2.45) is 0 Å². The van der Waals surface area contributed by atoms with Gasteiger partial charge in [0.2, 0.25) is 0 Å². The topological polar surface area (TPSA) is 108 Å². The molecule has 0 atom stereocenters. The lowest BCUT2D eigenvalue weighted by Gasteiger charge is -2.11. The highest BCUT2D eigenvalue weighted by Crippen LogP contribution is 2.17. The molecule has 0 unspecified atom stereocenters. The molecule has 8 heteroatoms. The molecule has 112 valence electrons. The maximum absolute atomic E-state index is 11.9. The van der Waals surface area contributed by atoms with Crippen molar-refractivity contribution in [2.75, 3.05) is 17.7 Å². The van der Waals surface area contributed by atoms with Crippen molar-refractivity contribution in [3.63, 3.8) is 0 Å². The van der Waals surface area contributed by atoms with Crippen LogP contribution in [-0.4, -0.2) is 32.3 Å². The fourth-order valence-electron chi connectivity index (χ4n) is 1.83. The third kappa shape index (κ3) is 3.47. The highest BCUT2D eigenvalue weighted by molar-refractivity contribution is 5.95. The van der Waals surface area contributed by atoms with Gasteiger partial charge in [0, 0.05) is 6.54 Å². The van der Waals surface area contributed by atoms with Gasteiger partial charge >= 0.3 is 5.97 Å². The van der Waals surface area contributed by atoms with E-state index in [0.717, 1.165) is 12.4 Å². The number of rotatable bonds is 6. The molecule has 0 bridgehead atoms. The van der Waals surface area contributed by atoms with Gasteiger partial charge in [-0.3, -0.25) is 0 Å². The van der Waals surface area contributed by atoms with Crippen LogP contribution in [0.25, 0.3) is 0 Å². The Morgan fingerprint density at radius 3 is 3.00 bits per heavy atom. The molecule has 2 aromatic heterocycles. The van der Waals surface area contributed by atoms with Crippen LogP contribution in [0.3, 0.4) is 0 Å². The van der Waals surface area contributed by atoms with E-state index in [1.807, 2.05) is 11.5 Å². The van der Waals surface area contributed by atoms with E-state index in [1.54, 1.807) is 13.3 Å². The lowest BCUT2D eigenvalue weighted by Crippen LogP contribution is -2.14. The summed E-state index contributed by atoms with van der Waals surface area (Å²) in [6, 6.07) is 1.54. The lowest BCUT2D eigenvalue weighted by atomic mass is 10.2. The average Bonchev–Trinajstić information content (AvgIpc) is 2.93. The molecule has 0 saturated carbocycles. The summed E-state index contributed by atoms with van der Waals surface area (Å²) in [5.41, 5.74) is 6.38. The van der Waals surface area contributed by atoms with E-state index in [2.05, 4.69) is 20.5 Å². The van der Waals surface area contributed by atoms with Crippen molar-refractivity contribution in [1.82, 2.24) is 19.7 Å². The Bertz CT molecular complexity index is 625. The van der Waals surface area contributed by atoms with Gasteiger partial charge in [-0.2, -0.15) is 0 Å². The second-order valence-corrected chi connectivity index (χ2v) is 4.27. The Hall–Kier alpha value is -2.64. The molecule has 0 fully saturated rings. The van der Waals surface area contributed by atoms with Gasteiger partial charge in [0.15, 0.2) is 5.82 Å². The molecule has 0 aliphatic carbocycles. The highest BCUT2D eigenvalue weighted by atomic mass is 16.5. The summed E-state index contributed by atoms with van der Waals surface area (Å²) in [6.07, 6.45) is 3.13. The molecule has 0 radical (unpaired) electrons. The summed E-state index contributed by atoms with van der Waals surface area (Å²) < 4.78 is 6.90. The largest absolute Gasteiger partial charge is 0.462 e. The molecule has 0 aromatic carbocycles. The average molecular weight is 290 g/mol. The number of hydrogen-bond donors (Lipinski definition) is 2. The Labute approximate surface area is 122 Å². The second kappa shape index (κ2) is 6.69. The van der Waals surface area contributed by atoms with Crippen LogP contribution in [0.1, 0.15) is 30.0 Å². The molecule has 2 rings (SSSR count). The van der Waals surface area contributed by atoms with E-state index in [4.69, 9.17) is 10.5 Å². The maximum atomic E-state index is 11.9. The van der Waals surface area contributed by atoms with Gasteiger partial charge in [0.05, 0.1) is 25.0 Å². The van der Waals surface area contributed by atoms with Crippen LogP contribution < -0.4 is 11.1 Å². The third-order valence-electron chi connectivity index (χ3n) is 2.85. The van der Waals surface area contributed by atoms with Gasteiger partial charge in [-0.25, -0.2) is 9.78 Å². The van der Waals surface area contributed by atoms with Gasteiger partial charge in [-0.05, 0) is 19.9 Å². The van der Waals surface area contributed by atoms with E-state index >= 15 is 0 Å². The smallest absolute Gasteiger partial charge is 0.341 e. The molecule has 0 spiro atoms. The number of carbonyl (C=O) groups is 1. The van der Waals surface area contributed by atoms with E-state index in [1.165, 1.54) is 12.3 Å². The van der Waals surface area contributed by atoms with E-state index in [9.17, 15) is 4.79 Å². The molecular formula is C13H18N6O2. The normalized spacial score (nSPS) is 10.4. The number of nitrogens with two attached hydrogens (primary N) is 1.